The highest BCUT2D eigenvalue weighted by atomic mass is 32.1. The van der Waals surface area contributed by atoms with Crippen LogP contribution < -0.4 is 11.1 Å². The molecule has 6 nitrogen and oxygen atoms in total. The second-order valence-electron chi connectivity index (χ2n) is 3.94. The monoisotopic (exact) mass is 260 g/mol. The Bertz CT molecular complexity index is 686. The van der Waals surface area contributed by atoms with Crippen molar-refractivity contribution in [1.82, 2.24) is 19.7 Å². The molecule has 3 rings (SSSR count). The van der Waals surface area contributed by atoms with E-state index in [4.69, 9.17) is 5.73 Å². The predicted octanol–water partition coefficient (Wildman–Crippen LogP) is 1.62. The molecule has 0 aliphatic rings. The van der Waals surface area contributed by atoms with E-state index in [1.54, 1.807) is 23.2 Å². The molecule has 2 heterocycles. The van der Waals surface area contributed by atoms with Gasteiger partial charge in [0.15, 0.2) is 5.82 Å². The fraction of sp³-hybridized carbons (Fsp3) is 0.182. The molecule has 7 heteroatoms. The number of hydrogen-bond donors (Lipinski definition) is 2. The van der Waals surface area contributed by atoms with Crippen LogP contribution in [0, 0.1) is 0 Å². The molecule has 0 spiro atoms. The number of benzene rings is 1. The van der Waals surface area contributed by atoms with Crippen LogP contribution in [0.1, 0.15) is 5.82 Å². The van der Waals surface area contributed by atoms with Crippen molar-refractivity contribution in [3.05, 3.63) is 29.8 Å². The van der Waals surface area contributed by atoms with Gasteiger partial charge in [-0.3, -0.25) is 0 Å². The van der Waals surface area contributed by atoms with Gasteiger partial charge in [0.1, 0.15) is 11.8 Å². The van der Waals surface area contributed by atoms with Crippen LogP contribution in [0.25, 0.3) is 10.2 Å². The molecule has 18 heavy (non-hydrogen) atoms. The van der Waals surface area contributed by atoms with E-state index in [0.717, 1.165) is 21.7 Å². The second-order valence-corrected chi connectivity index (χ2v) is 4.82. The quantitative estimate of drug-likeness (QED) is 0.699. The zero-order chi connectivity index (χ0) is 12.5. The summed E-state index contributed by atoms with van der Waals surface area (Å²) in [6, 6.07) is 3.98. The first kappa shape index (κ1) is 11.0. The fourth-order valence-corrected chi connectivity index (χ4v) is 2.44. The summed E-state index contributed by atoms with van der Waals surface area (Å²) in [6.45, 7) is 0.580. The highest BCUT2D eigenvalue weighted by molar-refractivity contribution is 7.16. The molecular formula is C11H12N6S. The maximum atomic E-state index is 6.08. The molecule has 0 unspecified atom stereocenters. The van der Waals surface area contributed by atoms with Gasteiger partial charge >= 0.3 is 0 Å². The number of nitrogens with one attached hydrogen (secondary N) is 1. The van der Waals surface area contributed by atoms with Gasteiger partial charge in [-0.05, 0) is 12.1 Å². The van der Waals surface area contributed by atoms with Crippen molar-refractivity contribution in [3.63, 3.8) is 0 Å². The average Bonchev–Trinajstić information content (AvgIpc) is 2.98. The van der Waals surface area contributed by atoms with Crippen LogP contribution in [0.4, 0.5) is 11.4 Å². The van der Waals surface area contributed by atoms with Gasteiger partial charge in [-0.25, -0.2) is 4.98 Å². The second kappa shape index (κ2) is 4.26. The highest BCUT2D eigenvalue weighted by Crippen LogP contribution is 2.30. The van der Waals surface area contributed by atoms with Crippen molar-refractivity contribution in [2.24, 2.45) is 7.05 Å². The molecular weight excluding hydrogens is 248 g/mol. The summed E-state index contributed by atoms with van der Waals surface area (Å²) in [6.07, 6.45) is 1.67. The summed E-state index contributed by atoms with van der Waals surface area (Å²) in [5, 5.41) is 11.1. The maximum Gasteiger partial charge on any atom is 0.151 e. The van der Waals surface area contributed by atoms with E-state index >= 15 is 0 Å². The lowest BCUT2D eigenvalue weighted by Crippen LogP contribution is -2.07. The van der Waals surface area contributed by atoms with Crippen molar-refractivity contribution in [2.45, 2.75) is 6.54 Å². The van der Waals surface area contributed by atoms with Crippen molar-refractivity contribution in [2.75, 3.05) is 11.1 Å². The lowest BCUT2D eigenvalue weighted by Gasteiger charge is -2.08. The van der Waals surface area contributed by atoms with E-state index in [1.165, 1.54) is 0 Å². The van der Waals surface area contributed by atoms with E-state index in [9.17, 15) is 0 Å². The Kier molecular flexibility index (Phi) is 2.60. The van der Waals surface area contributed by atoms with E-state index < -0.39 is 0 Å². The molecule has 1 aromatic carbocycles. The third-order valence-corrected chi connectivity index (χ3v) is 3.58. The summed E-state index contributed by atoms with van der Waals surface area (Å²) in [5.74, 6) is 0.854. The zero-order valence-electron chi connectivity index (χ0n) is 9.79. The zero-order valence-corrected chi connectivity index (χ0v) is 10.6. The van der Waals surface area contributed by atoms with Gasteiger partial charge in [-0.2, -0.15) is 0 Å². The SMILES string of the molecule is Cn1cnnc1CNc1ccc2scnc2c1N. The van der Waals surface area contributed by atoms with E-state index in [2.05, 4.69) is 20.5 Å². The van der Waals surface area contributed by atoms with E-state index in [-0.39, 0.29) is 0 Å². The van der Waals surface area contributed by atoms with Gasteiger partial charge in [-0.1, -0.05) is 0 Å². The molecule has 0 bridgehead atoms. The first-order valence-electron chi connectivity index (χ1n) is 5.44. The van der Waals surface area contributed by atoms with Gasteiger partial charge in [0, 0.05) is 7.05 Å². The van der Waals surface area contributed by atoms with Gasteiger partial charge in [0.05, 0.1) is 28.1 Å². The van der Waals surface area contributed by atoms with Crippen molar-refractivity contribution >= 4 is 32.9 Å². The third-order valence-electron chi connectivity index (χ3n) is 2.78. The van der Waals surface area contributed by atoms with Crippen LogP contribution in [0.5, 0.6) is 0 Å². The number of fused-ring (bicyclic) bond motifs is 1. The lowest BCUT2D eigenvalue weighted by atomic mass is 10.2. The Labute approximate surface area is 107 Å². The summed E-state index contributed by atoms with van der Waals surface area (Å²) in [4.78, 5) is 4.26. The van der Waals surface area contributed by atoms with E-state index in [0.29, 0.717) is 12.2 Å². The predicted molar refractivity (Wildman–Crippen MR) is 72.4 cm³/mol. The van der Waals surface area contributed by atoms with Crippen LogP contribution >= 0.6 is 11.3 Å². The van der Waals surface area contributed by atoms with Crippen LogP contribution in [0.2, 0.25) is 0 Å². The Hall–Kier alpha value is -2.15. The molecule has 0 radical (unpaired) electrons. The third kappa shape index (κ3) is 1.78. The van der Waals surface area contributed by atoms with Gasteiger partial charge in [0.2, 0.25) is 0 Å². The summed E-state index contributed by atoms with van der Waals surface area (Å²) in [5.41, 5.74) is 10.3. The minimum Gasteiger partial charge on any atom is -0.395 e. The largest absolute Gasteiger partial charge is 0.395 e. The molecule has 3 N–H and O–H groups in total. The molecule has 0 fully saturated rings. The summed E-state index contributed by atoms with van der Waals surface area (Å²) in [7, 11) is 1.91. The highest BCUT2D eigenvalue weighted by Gasteiger charge is 2.07. The topological polar surface area (TPSA) is 81.7 Å². The first-order valence-corrected chi connectivity index (χ1v) is 6.32. The number of aromatic nitrogens is 4. The molecule has 2 aromatic heterocycles. The number of hydrogen-bond acceptors (Lipinski definition) is 6. The molecule has 0 atom stereocenters. The van der Waals surface area contributed by atoms with Crippen LogP contribution in [-0.4, -0.2) is 19.7 Å². The van der Waals surface area contributed by atoms with Gasteiger partial charge in [0.25, 0.3) is 0 Å². The lowest BCUT2D eigenvalue weighted by molar-refractivity contribution is 0.812. The minimum atomic E-state index is 0.580. The molecule has 3 aromatic rings. The molecule has 0 aliphatic heterocycles. The number of thiazole rings is 1. The molecule has 0 amide bonds. The number of anilines is 2. The maximum absolute atomic E-state index is 6.08. The number of rotatable bonds is 3. The molecule has 0 saturated carbocycles. The van der Waals surface area contributed by atoms with Crippen LogP contribution in [-0.2, 0) is 13.6 Å². The van der Waals surface area contributed by atoms with Crippen molar-refractivity contribution in [3.8, 4) is 0 Å². The fourth-order valence-electron chi connectivity index (χ4n) is 1.75. The first-order chi connectivity index (χ1) is 8.75. The summed E-state index contributed by atoms with van der Waals surface area (Å²) < 4.78 is 2.96. The Morgan fingerprint density at radius 2 is 2.33 bits per heavy atom. The Balaban J connectivity index is 1.86. The summed E-state index contributed by atoms with van der Waals surface area (Å²) >= 11 is 1.58. The van der Waals surface area contributed by atoms with Crippen LogP contribution in [0.15, 0.2) is 24.0 Å². The smallest absolute Gasteiger partial charge is 0.151 e. The normalized spacial score (nSPS) is 10.9. The van der Waals surface area contributed by atoms with Crippen LogP contribution in [0.3, 0.4) is 0 Å². The van der Waals surface area contributed by atoms with Gasteiger partial charge < -0.3 is 15.6 Å². The van der Waals surface area contributed by atoms with Crippen molar-refractivity contribution in [1.29, 1.82) is 0 Å². The van der Waals surface area contributed by atoms with Gasteiger partial charge in [-0.15, -0.1) is 21.5 Å². The number of nitrogens with two attached hydrogens (primary N) is 1. The Morgan fingerprint density at radius 3 is 3.11 bits per heavy atom. The van der Waals surface area contributed by atoms with Crippen molar-refractivity contribution < 1.29 is 0 Å². The molecule has 92 valence electrons. The average molecular weight is 260 g/mol. The number of nitrogens with zero attached hydrogens (tertiary/aromatic N) is 4. The standard InChI is InChI=1S/C11H12N6S/c1-17-5-15-16-9(17)4-13-7-2-3-8-11(10(7)12)14-6-18-8/h2-3,5-6,13H,4,12H2,1H3. The number of aryl methyl sites for hydroxylation is 1. The Morgan fingerprint density at radius 1 is 1.44 bits per heavy atom. The number of nitrogen functional groups attached to an aromatic ring is 1. The minimum absolute atomic E-state index is 0.580. The molecule has 0 aliphatic carbocycles. The van der Waals surface area contributed by atoms with E-state index in [1.807, 2.05) is 23.7 Å². The molecule has 0 saturated heterocycles.